The Bertz CT molecular complexity index is 669. The zero-order valence-corrected chi connectivity index (χ0v) is 12.9. The van der Waals surface area contributed by atoms with Crippen LogP contribution in [0.5, 0.6) is 0 Å². The lowest BCUT2D eigenvalue weighted by atomic mass is 10.1. The second-order valence-electron chi connectivity index (χ2n) is 6.04. The van der Waals surface area contributed by atoms with Crippen LogP contribution in [0.4, 0.5) is 0 Å². The van der Waals surface area contributed by atoms with E-state index in [9.17, 15) is 4.79 Å². The van der Waals surface area contributed by atoms with E-state index in [1.165, 1.54) is 0 Å². The summed E-state index contributed by atoms with van der Waals surface area (Å²) in [6.07, 6.45) is 4.30. The van der Waals surface area contributed by atoms with E-state index in [4.69, 9.17) is 4.98 Å². The summed E-state index contributed by atoms with van der Waals surface area (Å²) in [6, 6.07) is 0.247. The van der Waals surface area contributed by atoms with E-state index in [-0.39, 0.29) is 17.9 Å². The van der Waals surface area contributed by atoms with Gasteiger partial charge in [-0.15, -0.1) is 0 Å². The molecule has 2 aromatic heterocycles. The van der Waals surface area contributed by atoms with Gasteiger partial charge in [0.05, 0.1) is 11.9 Å². The summed E-state index contributed by atoms with van der Waals surface area (Å²) in [5.41, 5.74) is 2.95. The summed E-state index contributed by atoms with van der Waals surface area (Å²) in [6.45, 7) is 6.86. The molecule has 1 aliphatic heterocycles. The molecule has 0 aliphatic carbocycles. The number of aryl methyl sites for hydroxylation is 2. The number of hydrogen-bond donors (Lipinski definition) is 1. The number of amides is 1. The Morgan fingerprint density at radius 3 is 2.76 bits per heavy atom. The number of nitrogens with zero attached hydrogens (tertiary/aromatic N) is 4. The molecule has 3 heterocycles. The van der Waals surface area contributed by atoms with Crippen molar-refractivity contribution in [3.05, 3.63) is 23.9 Å². The first kappa shape index (κ1) is 13.9. The predicted octanol–water partition coefficient (Wildman–Crippen LogP) is 1.84. The first-order valence-electron chi connectivity index (χ1n) is 7.30. The van der Waals surface area contributed by atoms with Crippen molar-refractivity contribution in [2.24, 2.45) is 7.05 Å². The molecule has 6 nitrogen and oxygen atoms in total. The number of carbonyl (C=O) groups is 1. The van der Waals surface area contributed by atoms with E-state index in [1.807, 2.05) is 31.3 Å². The molecule has 1 N–H and O–H groups in total. The highest BCUT2D eigenvalue weighted by atomic mass is 16.2. The van der Waals surface area contributed by atoms with Gasteiger partial charge in [0.25, 0.3) is 0 Å². The lowest BCUT2D eigenvalue weighted by molar-refractivity contribution is -0.129. The van der Waals surface area contributed by atoms with Crippen molar-refractivity contribution in [2.45, 2.75) is 39.2 Å². The molecule has 0 radical (unpaired) electrons. The molecule has 1 fully saturated rings. The Labute approximate surface area is 124 Å². The Kier molecular flexibility index (Phi) is 3.31. The number of likely N-dealkylation sites (tertiary alicyclic amines) is 1. The second kappa shape index (κ2) is 5.02. The van der Waals surface area contributed by atoms with Crippen LogP contribution < -0.4 is 0 Å². The van der Waals surface area contributed by atoms with E-state index in [0.29, 0.717) is 6.42 Å². The number of aromatic amines is 1. The molecule has 2 aromatic rings. The molecule has 1 amide bonds. The van der Waals surface area contributed by atoms with Crippen LogP contribution in [0.1, 0.15) is 37.7 Å². The van der Waals surface area contributed by atoms with Crippen molar-refractivity contribution in [1.82, 2.24) is 24.6 Å². The number of nitrogens with one attached hydrogen (secondary N) is 1. The molecular formula is C15H21N5O. The number of H-pyrrole nitrogens is 1. The number of carbonyl (C=O) groups excluding carboxylic acids is 1. The quantitative estimate of drug-likeness (QED) is 0.936. The highest BCUT2D eigenvalue weighted by Crippen LogP contribution is 2.30. The molecule has 0 aromatic carbocycles. The van der Waals surface area contributed by atoms with Crippen LogP contribution in [0.2, 0.25) is 0 Å². The van der Waals surface area contributed by atoms with Crippen LogP contribution in [0.15, 0.2) is 12.4 Å². The van der Waals surface area contributed by atoms with E-state index >= 15 is 0 Å². The van der Waals surface area contributed by atoms with Crippen molar-refractivity contribution >= 4 is 5.91 Å². The van der Waals surface area contributed by atoms with Gasteiger partial charge in [-0.25, -0.2) is 4.98 Å². The molecule has 112 valence electrons. The van der Waals surface area contributed by atoms with Gasteiger partial charge in [0, 0.05) is 49.4 Å². The van der Waals surface area contributed by atoms with E-state index < -0.39 is 0 Å². The minimum atomic E-state index is 0.157. The Morgan fingerprint density at radius 2 is 2.19 bits per heavy atom. The Hall–Kier alpha value is -2.11. The number of aromatic nitrogens is 4. The van der Waals surface area contributed by atoms with Crippen LogP contribution in [-0.4, -0.2) is 43.1 Å². The summed E-state index contributed by atoms with van der Waals surface area (Å²) in [4.78, 5) is 22.0. The largest absolute Gasteiger partial charge is 0.345 e. The monoisotopic (exact) mass is 287 g/mol. The van der Waals surface area contributed by atoms with E-state index in [0.717, 1.165) is 29.3 Å². The molecule has 1 atom stereocenters. The van der Waals surface area contributed by atoms with Crippen LogP contribution in [-0.2, 0) is 11.8 Å². The molecule has 0 saturated carbocycles. The number of imidazole rings is 1. The molecular weight excluding hydrogens is 266 g/mol. The van der Waals surface area contributed by atoms with Crippen molar-refractivity contribution in [1.29, 1.82) is 0 Å². The molecule has 3 rings (SSSR count). The molecule has 1 aliphatic rings. The van der Waals surface area contributed by atoms with Gasteiger partial charge < -0.3 is 9.88 Å². The third-order valence-electron chi connectivity index (χ3n) is 4.05. The van der Waals surface area contributed by atoms with Gasteiger partial charge >= 0.3 is 0 Å². The minimum Gasteiger partial charge on any atom is -0.345 e. The molecule has 21 heavy (non-hydrogen) atoms. The lowest BCUT2D eigenvalue weighted by Gasteiger charge is -2.20. The van der Waals surface area contributed by atoms with Gasteiger partial charge in [-0.05, 0) is 20.8 Å². The zero-order chi connectivity index (χ0) is 15.1. The highest BCUT2D eigenvalue weighted by molar-refractivity contribution is 5.80. The number of rotatable bonds is 3. The van der Waals surface area contributed by atoms with Crippen molar-refractivity contribution in [3.63, 3.8) is 0 Å². The van der Waals surface area contributed by atoms with Crippen molar-refractivity contribution in [3.8, 4) is 11.3 Å². The highest BCUT2D eigenvalue weighted by Gasteiger charge is 2.34. The average Bonchev–Trinajstić information content (AvgIpc) is 3.08. The summed E-state index contributed by atoms with van der Waals surface area (Å²) < 4.78 is 1.77. The molecule has 0 unspecified atom stereocenters. The number of hydrogen-bond acceptors (Lipinski definition) is 3. The van der Waals surface area contributed by atoms with E-state index in [1.54, 1.807) is 4.68 Å². The van der Waals surface area contributed by atoms with Gasteiger partial charge in [0.1, 0.15) is 5.82 Å². The molecule has 0 bridgehead atoms. The van der Waals surface area contributed by atoms with Crippen LogP contribution in [0, 0.1) is 6.92 Å². The molecule has 1 saturated heterocycles. The van der Waals surface area contributed by atoms with E-state index in [2.05, 4.69) is 23.9 Å². The van der Waals surface area contributed by atoms with Gasteiger partial charge in [0.15, 0.2) is 0 Å². The maximum Gasteiger partial charge on any atom is 0.223 e. The SMILES string of the molecule is Cc1[nH]c([C@@H]2CC(=O)N(C(C)C)C2)nc1-c1cnn(C)c1. The second-order valence-corrected chi connectivity index (χ2v) is 6.04. The summed E-state index contributed by atoms with van der Waals surface area (Å²) in [5.74, 6) is 1.28. The van der Waals surface area contributed by atoms with Crippen LogP contribution >= 0.6 is 0 Å². The van der Waals surface area contributed by atoms with Gasteiger partial charge in [-0.3, -0.25) is 9.48 Å². The van der Waals surface area contributed by atoms with Crippen LogP contribution in [0.25, 0.3) is 11.3 Å². The standard InChI is InChI=1S/C15H21N5O/c1-9(2)20-8-11(5-13(20)21)15-17-10(3)14(18-15)12-6-16-19(4)7-12/h6-7,9,11H,5,8H2,1-4H3,(H,17,18)/t11-/m1/s1. The predicted molar refractivity (Wildman–Crippen MR) is 79.7 cm³/mol. The normalized spacial score (nSPS) is 19.0. The zero-order valence-electron chi connectivity index (χ0n) is 12.9. The smallest absolute Gasteiger partial charge is 0.223 e. The van der Waals surface area contributed by atoms with Crippen molar-refractivity contribution in [2.75, 3.05) is 6.54 Å². The molecule has 0 spiro atoms. The van der Waals surface area contributed by atoms with Crippen molar-refractivity contribution < 1.29 is 4.79 Å². The fraction of sp³-hybridized carbons (Fsp3) is 0.533. The first-order valence-corrected chi connectivity index (χ1v) is 7.30. The van der Waals surface area contributed by atoms with Gasteiger partial charge in [0.2, 0.25) is 5.91 Å². The Balaban J connectivity index is 1.87. The summed E-state index contributed by atoms with van der Waals surface area (Å²) in [5, 5.41) is 4.19. The van der Waals surface area contributed by atoms with Crippen LogP contribution in [0.3, 0.4) is 0 Å². The Morgan fingerprint density at radius 1 is 1.43 bits per heavy atom. The lowest BCUT2D eigenvalue weighted by Crippen LogP contribution is -2.31. The topological polar surface area (TPSA) is 66.8 Å². The summed E-state index contributed by atoms with van der Waals surface area (Å²) >= 11 is 0. The summed E-state index contributed by atoms with van der Waals surface area (Å²) in [7, 11) is 1.89. The third-order valence-corrected chi connectivity index (χ3v) is 4.05. The first-order chi connectivity index (χ1) is 9.95. The minimum absolute atomic E-state index is 0.157. The van der Waals surface area contributed by atoms with Gasteiger partial charge in [-0.1, -0.05) is 0 Å². The fourth-order valence-corrected chi connectivity index (χ4v) is 2.92. The maximum absolute atomic E-state index is 12.0. The molecule has 6 heteroatoms. The maximum atomic E-state index is 12.0. The third kappa shape index (κ3) is 2.46. The fourth-order valence-electron chi connectivity index (χ4n) is 2.92. The van der Waals surface area contributed by atoms with Gasteiger partial charge in [-0.2, -0.15) is 5.10 Å². The average molecular weight is 287 g/mol.